The van der Waals surface area contributed by atoms with Gasteiger partial charge >= 0.3 is 0 Å². The van der Waals surface area contributed by atoms with Crippen molar-refractivity contribution >= 4 is 0 Å². The largest absolute Gasteiger partial charge is 0.392 e. The molecule has 0 spiro atoms. The number of hydrogen-bond donors (Lipinski definition) is 2. The van der Waals surface area contributed by atoms with Gasteiger partial charge in [-0.1, -0.05) is 29.4 Å². The first-order chi connectivity index (χ1) is 8.10. The van der Waals surface area contributed by atoms with Crippen LogP contribution in [0.15, 0.2) is 34.9 Å². The zero-order valence-electron chi connectivity index (χ0n) is 11.4. The Morgan fingerprint density at radius 2 is 1.53 bits per heavy atom. The third-order valence-electron chi connectivity index (χ3n) is 2.63. The predicted molar refractivity (Wildman–Crippen MR) is 73.9 cm³/mol. The van der Waals surface area contributed by atoms with Gasteiger partial charge in [-0.2, -0.15) is 0 Å². The number of allylic oxidation sites excluding steroid dienone is 4. The molecule has 0 bridgehead atoms. The molecule has 17 heavy (non-hydrogen) atoms. The van der Waals surface area contributed by atoms with E-state index in [-0.39, 0.29) is 13.2 Å². The highest BCUT2D eigenvalue weighted by Gasteiger charge is 1.95. The molecule has 0 amide bonds. The zero-order valence-corrected chi connectivity index (χ0v) is 11.4. The van der Waals surface area contributed by atoms with Gasteiger partial charge in [0.25, 0.3) is 0 Å². The number of rotatable bonds is 8. The predicted octanol–water partition coefficient (Wildman–Crippen LogP) is 3.37. The quantitative estimate of drug-likeness (QED) is 0.636. The van der Waals surface area contributed by atoms with E-state index in [1.54, 1.807) is 0 Å². The molecule has 0 saturated heterocycles. The van der Waals surface area contributed by atoms with Gasteiger partial charge in [0.2, 0.25) is 0 Å². The van der Waals surface area contributed by atoms with Gasteiger partial charge in [-0.05, 0) is 52.0 Å². The molecule has 0 unspecified atom stereocenters. The Morgan fingerprint density at radius 1 is 0.882 bits per heavy atom. The van der Waals surface area contributed by atoms with Crippen LogP contribution in [0.3, 0.4) is 0 Å². The second kappa shape index (κ2) is 10.3. The third-order valence-corrected chi connectivity index (χ3v) is 2.63. The molecular weight excluding hydrogens is 212 g/mol. The highest BCUT2D eigenvalue weighted by atomic mass is 16.3. The second-order valence-corrected chi connectivity index (χ2v) is 4.61. The normalized spacial score (nSPS) is 12.8. The van der Waals surface area contributed by atoms with Crippen molar-refractivity contribution in [1.82, 2.24) is 0 Å². The maximum absolute atomic E-state index is 9.22. The fourth-order valence-electron chi connectivity index (χ4n) is 1.55. The number of aliphatic hydroxyl groups excluding tert-OH is 2. The molecule has 0 fully saturated rings. The van der Waals surface area contributed by atoms with Crippen LogP contribution in [0.25, 0.3) is 0 Å². The molecule has 0 heterocycles. The van der Waals surface area contributed by atoms with Crippen molar-refractivity contribution < 1.29 is 10.2 Å². The molecule has 0 aromatic carbocycles. The fourth-order valence-corrected chi connectivity index (χ4v) is 1.55. The summed E-state index contributed by atoms with van der Waals surface area (Å²) in [6, 6.07) is 0. The van der Waals surface area contributed by atoms with Gasteiger partial charge in [-0.25, -0.2) is 0 Å². The topological polar surface area (TPSA) is 40.5 Å². The minimum absolute atomic E-state index is 0.114. The van der Waals surface area contributed by atoms with E-state index < -0.39 is 0 Å². The van der Waals surface area contributed by atoms with E-state index in [0.29, 0.717) is 0 Å². The van der Waals surface area contributed by atoms with Crippen molar-refractivity contribution in [3.8, 4) is 0 Å². The van der Waals surface area contributed by atoms with Crippen LogP contribution in [0.1, 0.15) is 46.5 Å². The SMILES string of the molecule is CC(C)=CCC/C(=C\CC/C(C)=C/CO)CO. The molecular formula is C15H26O2. The first kappa shape index (κ1) is 16.1. The van der Waals surface area contributed by atoms with Crippen molar-refractivity contribution in [3.05, 3.63) is 34.9 Å². The Labute approximate surface area is 105 Å². The molecule has 98 valence electrons. The van der Waals surface area contributed by atoms with Crippen LogP contribution >= 0.6 is 0 Å². The van der Waals surface area contributed by atoms with Gasteiger partial charge in [-0.3, -0.25) is 0 Å². The molecule has 0 radical (unpaired) electrons. The van der Waals surface area contributed by atoms with Crippen LogP contribution in [-0.4, -0.2) is 23.4 Å². The lowest BCUT2D eigenvalue weighted by Gasteiger charge is -2.03. The maximum Gasteiger partial charge on any atom is 0.0641 e. The Balaban J connectivity index is 4.01. The average molecular weight is 238 g/mol. The molecule has 0 aliphatic heterocycles. The van der Waals surface area contributed by atoms with Crippen LogP contribution in [0, 0.1) is 0 Å². The van der Waals surface area contributed by atoms with Gasteiger partial charge in [-0.15, -0.1) is 0 Å². The maximum atomic E-state index is 9.22. The Bertz CT molecular complexity index is 281. The van der Waals surface area contributed by atoms with E-state index in [4.69, 9.17) is 5.11 Å². The summed E-state index contributed by atoms with van der Waals surface area (Å²) >= 11 is 0. The van der Waals surface area contributed by atoms with Crippen molar-refractivity contribution in [2.45, 2.75) is 46.5 Å². The van der Waals surface area contributed by atoms with E-state index >= 15 is 0 Å². The highest BCUT2D eigenvalue weighted by molar-refractivity contribution is 5.07. The summed E-state index contributed by atoms with van der Waals surface area (Å²) in [6.45, 7) is 6.46. The van der Waals surface area contributed by atoms with E-state index in [0.717, 1.165) is 31.3 Å². The lowest BCUT2D eigenvalue weighted by molar-refractivity contribution is 0.326. The molecule has 0 aromatic heterocycles. The minimum Gasteiger partial charge on any atom is -0.392 e. The molecule has 0 aliphatic carbocycles. The molecule has 0 saturated carbocycles. The second-order valence-electron chi connectivity index (χ2n) is 4.61. The minimum atomic E-state index is 0.114. The van der Waals surface area contributed by atoms with E-state index in [2.05, 4.69) is 26.0 Å². The summed E-state index contributed by atoms with van der Waals surface area (Å²) < 4.78 is 0. The summed E-state index contributed by atoms with van der Waals surface area (Å²) in [5.41, 5.74) is 3.63. The first-order valence-electron chi connectivity index (χ1n) is 6.28. The van der Waals surface area contributed by atoms with Crippen LogP contribution in [0.5, 0.6) is 0 Å². The Kier molecular flexibility index (Phi) is 9.78. The number of aliphatic hydroxyl groups is 2. The van der Waals surface area contributed by atoms with Crippen molar-refractivity contribution in [3.63, 3.8) is 0 Å². The average Bonchev–Trinajstić information content (AvgIpc) is 2.27. The van der Waals surface area contributed by atoms with Gasteiger partial charge in [0, 0.05) is 0 Å². The van der Waals surface area contributed by atoms with Gasteiger partial charge in [0.1, 0.15) is 0 Å². The van der Waals surface area contributed by atoms with Crippen molar-refractivity contribution in [2.75, 3.05) is 13.2 Å². The summed E-state index contributed by atoms with van der Waals surface area (Å²) in [6.07, 6.45) is 9.97. The number of hydrogen-bond acceptors (Lipinski definition) is 2. The molecule has 2 heteroatoms. The lowest BCUT2D eigenvalue weighted by Crippen LogP contribution is -1.91. The fraction of sp³-hybridized carbons (Fsp3) is 0.600. The van der Waals surface area contributed by atoms with Crippen LogP contribution < -0.4 is 0 Å². The summed E-state index contributed by atoms with van der Waals surface area (Å²) in [4.78, 5) is 0. The third kappa shape index (κ3) is 10.0. The Morgan fingerprint density at radius 3 is 2.06 bits per heavy atom. The smallest absolute Gasteiger partial charge is 0.0641 e. The molecule has 0 atom stereocenters. The lowest BCUT2D eigenvalue weighted by atomic mass is 10.1. The van der Waals surface area contributed by atoms with Crippen molar-refractivity contribution in [2.24, 2.45) is 0 Å². The highest BCUT2D eigenvalue weighted by Crippen LogP contribution is 2.11. The van der Waals surface area contributed by atoms with Crippen molar-refractivity contribution in [1.29, 1.82) is 0 Å². The molecule has 0 aromatic rings. The van der Waals surface area contributed by atoms with Crippen LogP contribution in [0.4, 0.5) is 0 Å². The van der Waals surface area contributed by atoms with E-state index in [1.807, 2.05) is 13.0 Å². The molecule has 0 rings (SSSR count). The first-order valence-corrected chi connectivity index (χ1v) is 6.28. The summed E-state index contributed by atoms with van der Waals surface area (Å²) in [5, 5.41) is 17.9. The zero-order chi connectivity index (χ0) is 13.1. The summed E-state index contributed by atoms with van der Waals surface area (Å²) in [5.74, 6) is 0. The van der Waals surface area contributed by atoms with Crippen LogP contribution in [-0.2, 0) is 0 Å². The molecule has 2 N–H and O–H groups in total. The van der Waals surface area contributed by atoms with Crippen LogP contribution in [0.2, 0.25) is 0 Å². The van der Waals surface area contributed by atoms with Gasteiger partial charge in [0.15, 0.2) is 0 Å². The van der Waals surface area contributed by atoms with E-state index in [1.165, 1.54) is 11.1 Å². The van der Waals surface area contributed by atoms with Gasteiger partial charge < -0.3 is 10.2 Å². The molecule has 0 aliphatic rings. The molecule has 2 nitrogen and oxygen atoms in total. The summed E-state index contributed by atoms with van der Waals surface area (Å²) in [7, 11) is 0. The monoisotopic (exact) mass is 238 g/mol. The van der Waals surface area contributed by atoms with Gasteiger partial charge in [0.05, 0.1) is 13.2 Å². The standard InChI is InChI=1S/C15H26O2/c1-13(2)6-4-8-15(12-17)9-5-7-14(3)10-11-16/h6,9-10,16-17H,4-5,7-8,11-12H2,1-3H3/b14-10+,15-9+. The van der Waals surface area contributed by atoms with E-state index in [9.17, 15) is 5.11 Å². The Hall–Kier alpha value is -0.860.